The van der Waals surface area contributed by atoms with Crippen LogP contribution in [0.4, 0.5) is 0 Å². The van der Waals surface area contributed by atoms with Crippen molar-refractivity contribution >= 4 is 5.91 Å². The second-order valence-corrected chi connectivity index (χ2v) is 7.80. The lowest BCUT2D eigenvalue weighted by Gasteiger charge is -2.36. The molecule has 6 nitrogen and oxygen atoms in total. The summed E-state index contributed by atoms with van der Waals surface area (Å²) in [4.78, 5) is 15.1. The number of carbonyl (C=O) groups is 1. The van der Waals surface area contributed by atoms with E-state index in [1.165, 1.54) is 5.56 Å². The Balaban J connectivity index is 1.45. The van der Waals surface area contributed by atoms with Crippen molar-refractivity contribution < 1.29 is 23.7 Å². The summed E-state index contributed by atoms with van der Waals surface area (Å²) in [5.41, 5.74) is 2.96. The van der Waals surface area contributed by atoms with Crippen LogP contribution in [0.25, 0.3) is 0 Å². The average Bonchev–Trinajstić information content (AvgIpc) is 3.31. The molecule has 0 saturated carbocycles. The Bertz CT molecular complexity index is 889. The topological polar surface area (TPSA) is 57.2 Å². The molecule has 0 spiro atoms. The number of benzene rings is 2. The molecule has 2 aromatic rings. The minimum absolute atomic E-state index is 0.0219. The molecule has 1 amide bonds. The van der Waals surface area contributed by atoms with E-state index < -0.39 is 0 Å². The highest BCUT2D eigenvalue weighted by Gasteiger charge is 2.29. The van der Waals surface area contributed by atoms with Crippen LogP contribution in [0.1, 0.15) is 47.3 Å². The van der Waals surface area contributed by atoms with Crippen molar-refractivity contribution in [1.29, 1.82) is 0 Å². The first-order chi connectivity index (χ1) is 14.6. The highest BCUT2D eigenvalue weighted by Crippen LogP contribution is 2.38. The SMILES string of the molecule is COc1cc2c(cc1OC)C(C)N(C(=O)c1ccc(OCC3CCCO3)cc1)CC2. The van der Waals surface area contributed by atoms with Crippen molar-refractivity contribution in [2.45, 2.75) is 38.3 Å². The number of hydrogen-bond acceptors (Lipinski definition) is 5. The van der Waals surface area contributed by atoms with Gasteiger partial charge in [0.15, 0.2) is 11.5 Å². The van der Waals surface area contributed by atoms with E-state index >= 15 is 0 Å². The van der Waals surface area contributed by atoms with Gasteiger partial charge in [-0.05, 0) is 73.7 Å². The first-order valence-electron chi connectivity index (χ1n) is 10.5. The Hall–Kier alpha value is -2.73. The molecular formula is C24H29NO5. The molecule has 4 rings (SSSR count). The van der Waals surface area contributed by atoms with Crippen LogP contribution in [0.2, 0.25) is 0 Å². The van der Waals surface area contributed by atoms with Gasteiger partial charge < -0.3 is 23.8 Å². The van der Waals surface area contributed by atoms with E-state index in [0.717, 1.165) is 42.9 Å². The van der Waals surface area contributed by atoms with Gasteiger partial charge in [-0.15, -0.1) is 0 Å². The van der Waals surface area contributed by atoms with Gasteiger partial charge >= 0.3 is 0 Å². The zero-order chi connectivity index (χ0) is 21.1. The van der Waals surface area contributed by atoms with Gasteiger partial charge in [-0.25, -0.2) is 0 Å². The van der Waals surface area contributed by atoms with E-state index in [9.17, 15) is 4.79 Å². The summed E-state index contributed by atoms with van der Waals surface area (Å²) in [5.74, 6) is 2.19. The third kappa shape index (κ3) is 4.10. The molecule has 0 aliphatic carbocycles. The Morgan fingerprint density at radius 1 is 1.13 bits per heavy atom. The summed E-state index contributed by atoms with van der Waals surface area (Å²) < 4.78 is 22.3. The van der Waals surface area contributed by atoms with Crippen LogP contribution in [0.5, 0.6) is 17.2 Å². The molecule has 160 valence electrons. The fourth-order valence-electron chi connectivity index (χ4n) is 4.25. The molecule has 0 radical (unpaired) electrons. The second kappa shape index (κ2) is 8.96. The van der Waals surface area contributed by atoms with Gasteiger partial charge in [-0.3, -0.25) is 4.79 Å². The highest BCUT2D eigenvalue weighted by molar-refractivity contribution is 5.94. The first-order valence-corrected chi connectivity index (χ1v) is 10.5. The van der Waals surface area contributed by atoms with Crippen molar-refractivity contribution in [3.8, 4) is 17.2 Å². The van der Waals surface area contributed by atoms with Gasteiger partial charge in [0, 0.05) is 18.7 Å². The van der Waals surface area contributed by atoms with Gasteiger partial charge in [0.25, 0.3) is 5.91 Å². The molecule has 2 heterocycles. The molecule has 2 aliphatic rings. The maximum Gasteiger partial charge on any atom is 0.254 e. The van der Waals surface area contributed by atoms with Crippen LogP contribution in [-0.2, 0) is 11.2 Å². The molecule has 0 N–H and O–H groups in total. The molecule has 6 heteroatoms. The minimum Gasteiger partial charge on any atom is -0.493 e. The Labute approximate surface area is 177 Å². The van der Waals surface area contributed by atoms with Gasteiger partial charge in [0.1, 0.15) is 12.4 Å². The second-order valence-electron chi connectivity index (χ2n) is 7.80. The third-order valence-corrected chi connectivity index (χ3v) is 6.01. The van der Waals surface area contributed by atoms with Crippen LogP contribution in [0.3, 0.4) is 0 Å². The summed E-state index contributed by atoms with van der Waals surface area (Å²) in [7, 11) is 3.27. The van der Waals surface area contributed by atoms with Crippen molar-refractivity contribution in [3.05, 3.63) is 53.1 Å². The lowest BCUT2D eigenvalue weighted by atomic mass is 9.92. The molecule has 1 fully saturated rings. The number of amides is 1. The number of fused-ring (bicyclic) bond motifs is 1. The average molecular weight is 411 g/mol. The molecular weight excluding hydrogens is 382 g/mol. The van der Waals surface area contributed by atoms with Crippen LogP contribution >= 0.6 is 0 Å². The first kappa shape index (κ1) is 20.5. The Morgan fingerprint density at radius 2 is 1.87 bits per heavy atom. The monoisotopic (exact) mass is 411 g/mol. The standard InChI is InChI=1S/C24H29NO5/c1-16-21-14-23(28-3)22(27-2)13-18(21)10-11-25(16)24(26)17-6-8-19(9-7-17)30-15-20-5-4-12-29-20/h6-9,13-14,16,20H,4-5,10-12,15H2,1-3H3. The number of ether oxygens (including phenoxy) is 4. The summed E-state index contributed by atoms with van der Waals surface area (Å²) in [6.07, 6.45) is 3.10. The highest BCUT2D eigenvalue weighted by atomic mass is 16.5. The molecule has 0 bridgehead atoms. The number of rotatable bonds is 6. The smallest absolute Gasteiger partial charge is 0.254 e. The lowest BCUT2D eigenvalue weighted by Crippen LogP contribution is -2.38. The van der Waals surface area contributed by atoms with E-state index in [-0.39, 0.29) is 18.1 Å². The fourth-order valence-corrected chi connectivity index (χ4v) is 4.25. The number of carbonyl (C=O) groups excluding carboxylic acids is 1. The van der Waals surface area contributed by atoms with Gasteiger partial charge in [-0.1, -0.05) is 0 Å². The number of nitrogens with zero attached hydrogens (tertiary/aromatic N) is 1. The quantitative estimate of drug-likeness (QED) is 0.719. The maximum absolute atomic E-state index is 13.2. The van der Waals surface area contributed by atoms with E-state index in [2.05, 4.69) is 6.92 Å². The van der Waals surface area contributed by atoms with Crippen molar-refractivity contribution in [2.75, 3.05) is 34.0 Å². The Kier molecular flexibility index (Phi) is 6.13. The van der Waals surface area contributed by atoms with Crippen molar-refractivity contribution in [1.82, 2.24) is 4.90 Å². The van der Waals surface area contributed by atoms with E-state index in [1.54, 1.807) is 14.2 Å². The zero-order valence-corrected chi connectivity index (χ0v) is 17.8. The number of methoxy groups -OCH3 is 2. The van der Waals surface area contributed by atoms with Crippen LogP contribution in [0.15, 0.2) is 36.4 Å². The van der Waals surface area contributed by atoms with Crippen molar-refractivity contribution in [2.24, 2.45) is 0 Å². The zero-order valence-electron chi connectivity index (χ0n) is 17.8. The normalized spacial score (nSPS) is 20.6. The third-order valence-electron chi connectivity index (χ3n) is 6.01. The number of hydrogen-bond donors (Lipinski definition) is 0. The predicted octanol–water partition coefficient (Wildman–Crippen LogP) is 4.02. The van der Waals surface area contributed by atoms with Crippen LogP contribution in [-0.4, -0.2) is 50.9 Å². The fraction of sp³-hybridized carbons (Fsp3) is 0.458. The van der Waals surface area contributed by atoms with E-state index in [1.807, 2.05) is 41.3 Å². The van der Waals surface area contributed by atoms with Crippen LogP contribution < -0.4 is 14.2 Å². The van der Waals surface area contributed by atoms with Gasteiger partial charge in [-0.2, -0.15) is 0 Å². The molecule has 2 aromatic carbocycles. The van der Waals surface area contributed by atoms with E-state index in [4.69, 9.17) is 18.9 Å². The minimum atomic E-state index is -0.0449. The van der Waals surface area contributed by atoms with Crippen molar-refractivity contribution in [3.63, 3.8) is 0 Å². The Morgan fingerprint density at radius 3 is 2.53 bits per heavy atom. The summed E-state index contributed by atoms with van der Waals surface area (Å²) >= 11 is 0. The summed E-state index contributed by atoms with van der Waals surface area (Å²) in [6, 6.07) is 11.4. The summed E-state index contributed by atoms with van der Waals surface area (Å²) in [5, 5.41) is 0. The van der Waals surface area contributed by atoms with Crippen LogP contribution in [0, 0.1) is 0 Å². The van der Waals surface area contributed by atoms with Gasteiger partial charge in [0.2, 0.25) is 0 Å². The van der Waals surface area contributed by atoms with Gasteiger partial charge in [0.05, 0.1) is 26.4 Å². The molecule has 2 unspecified atom stereocenters. The lowest BCUT2D eigenvalue weighted by molar-refractivity contribution is 0.0669. The molecule has 2 aliphatic heterocycles. The summed E-state index contributed by atoms with van der Waals surface area (Å²) in [6.45, 7) is 4.09. The molecule has 30 heavy (non-hydrogen) atoms. The molecule has 0 aromatic heterocycles. The molecule has 1 saturated heterocycles. The molecule has 2 atom stereocenters. The predicted molar refractivity (Wildman–Crippen MR) is 114 cm³/mol. The maximum atomic E-state index is 13.2. The largest absolute Gasteiger partial charge is 0.493 e. The van der Waals surface area contributed by atoms with E-state index in [0.29, 0.717) is 24.5 Å².